The Labute approximate surface area is 180 Å². The van der Waals surface area contributed by atoms with Crippen molar-refractivity contribution in [2.45, 2.75) is 50.2 Å². The predicted octanol–water partition coefficient (Wildman–Crippen LogP) is 3.97. The normalized spacial score (nSPS) is 14.7. The van der Waals surface area contributed by atoms with Crippen LogP contribution < -0.4 is 5.56 Å². The summed E-state index contributed by atoms with van der Waals surface area (Å²) in [6.45, 7) is 1.96. The van der Waals surface area contributed by atoms with E-state index in [1.165, 1.54) is 35.6 Å². The minimum atomic E-state index is -0.172. The van der Waals surface area contributed by atoms with E-state index in [0.29, 0.717) is 27.9 Å². The molecular formula is C23H26N4O2S. The van der Waals surface area contributed by atoms with Crippen LogP contribution in [-0.4, -0.2) is 44.2 Å². The highest BCUT2D eigenvalue weighted by Gasteiger charge is 2.23. The molecule has 0 N–H and O–H groups in total. The average molecular weight is 423 g/mol. The van der Waals surface area contributed by atoms with Crippen molar-refractivity contribution in [1.82, 2.24) is 19.4 Å². The van der Waals surface area contributed by atoms with Crippen LogP contribution in [0.2, 0.25) is 0 Å². The molecule has 2 heterocycles. The van der Waals surface area contributed by atoms with Crippen molar-refractivity contribution in [3.05, 3.63) is 58.5 Å². The Morgan fingerprint density at radius 1 is 1.20 bits per heavy atom. The van der Waals surface area contributed by atoms with Crippen LogP contribution in [0.3, 0.4) is 0 Å². The largest absolute Gasteiger partial charge is 0.342 e. The molecule has 0 bridgehead atoms. The van der Waals surface area contributed by atoms with Crippen molar-refractivity contribution < 1.29 is 4.79 Å². The summed E-state index contributed by atoms with van der Waals surface area (Å²) in [5.74, 6) is 0.829. The second-order valence-corrected chi connectivity index (χ2v) is 8.77. The quantitative estimate of drug-likeness (QED) is 0.460. The molecule has 156 valence electrons. The van der Waals surface area contributed by atoms with E-state index in [2.05, 4.69) is 4.98 Å². The number of benzene rings is 1. The minimum absolute atomic E-state index is 0.0676. The fourth-order valence-corrected chi connectivity index (χ4v) is 4.88. The number of thioether (sulfide) groups is 1. The molecule has 7 heteroatoms. The van der Waals surface area contributed by atoms with Gasteiger partial charge in [-0.2, -0.15) is 0 Å². The molecule has 3 aromatic rings. The molecule has 0 unspecified atom stereocenters. The van der Waals surface area contributed by atoms with Gasteiger partial charge in [0.15, 0.2) is 5.16 Å². The minimum Gasteiger partial charge on any atom is -0.342 e. The van der Waals surface area contributed by atoms with Crippen LogP contribution in [0, 0.1) is 6.92 Å². The van der Waals surface area contributed by atoms with E-state index in [4.69, 9.17) is 4.98 Å². The van der Waals surface area contributed by atoms with Crippen LogP contribution in [0.5, 0.6) is 0 Å². The molecule has 1 aliphatic carbocycles. The average Bonchev–Trinajstić information content (AvgIpc) is 2.77. The van der Waals surface area contributed by atoms with E-state index < -0.39 is 0 Å². The highest BCUT2D eigenvalue weighted by Crippen LogP contribution is 2.24. The van der Waals surface area contributed by atoms with Crippen LogP contribution in [-0.2, 0) is 4.79 Å². The number of nitrogens with zero attached hydrogens (tertiary/aromatic N) is 4. The van der Waals surface area contributed by atoms with Gasteiger partial charge in [0, 0.05) is 19.3 Å². The number of fused-ring (bicyclic) bond motifs is 1. The van der Waals surface area contributed by atoms with Gasteiger partial charge in [-0.15, -0.1) is 0 Å². The van der Waals surface area contributed by atoms with Gasteiger partial charge in [-0.3, -0.25) is 9.59 Å². The topological polar surface area (TPSA) is 68.1 Å². The number of carbonyl (C=O) groups excluding carboxylic acids is 1. The number of hydrogen-bond donors (Lipinski definition) is 0. The third-order valence-electron chi connectivity index (χ3n) is 5.72. The zero-order valence-electron chi connectivity index (χ0n) is 17.4. The Balaban J connectivity index is 1.66. The monoisotopic (exact) mass is 422 g/mol. The lowest BCUT2D eigenvalue weighted by Crippen LogP contribution is -2.39. The number of amides is 1. The lowest BCUT2D eigenvalue weighted by molar-refractivity contribution is -0.129. The van der Waals surface area contributed by atoms with Gasteiger partial charge in [-0.25, -0.2) is 14.5 Å². The van der Waals surface area contributed by atoms with Crippen molar-refractivity contribution in [2.24, 2.45) is 0 Å². The van der Waals surface area contributed by atoms with Gasteiger partial charge in [0.2, 0.25) is 5.91 Å². The molecule has 30 heavy (non-hydrogen) atoms. The first-order chi connectivity index (χ1) is 14.5. The highest BCUT2D eigenvalue weighted by molar-refractivity contribution is 7.99. The number of hydrogen-bond acceptors (Lipinski definition) is 5. The molecule has 0 atom stereocenters. The van der Waals surface area contributed by atoms with Crippen LogP contribution in [0.25, 0.3) is 16.7 Å². The summed E-state index contributed by atoms with van der Waals surface area (Å²) >= 11 is 1.30. The van der Waals surface area contributed by atoms with Gasteiger partial charge < -0.3 is 4.90 Å². The molecule has 4 rings (SSSR count). The molecule has 0 saturated heterocycles. The molecule has 1 amide bonds. The Morgan fingerprint density at radius 2 is 1.97 bits per heavy atom. The first-order valence-electron chi connectivity index (χ1n) is 10.4. The molecule has 1 aliphatic rings. The maximum atomic E-state index is 13.3. The van der Waals surface area contributed by atoms with Gasteiger partial charge in [-0.1, -0.05) is 43.2 Å². The smallest absolute Gasteiger partial charge is 0.267 e. The van der Waals surface area contributed by atoms with Crippen LogP contribution in [0.15, 0.2) is 52.5 Å². The lowest BCUT2D eigenvalue weighted by Gasteiger charge is -2.31. The summed E-state index contributed by atoms with van der Waals surface area (Å²) in [5, 5.41) is 1.03. The molecule has 0 aliphatic heterocycles. The Morgan fingerprint density at radius 3 is 2.73 bits per heavy atom. The fourth-order valence-electron chi connectivity index (χ4n) is 3.95. The Kier molecular flexibility index (Phi) is 6.18. The number of aryl methyl sites for hydroxylation is 1. The van der Waals surface area contributed by atoms with E-state index in [1.807, 2.05) is 49.2 Å². The summed E-state index contributed by atoms with van der Waals surface area (Å²) < 4.78 is 1.52. The van der Waals surface area contributed by atoms with Gasteiger partial charge in [0.1, 0.15) is 5.82 Å². The molecule has 0 radical (unpaired) electrons. The first-order valence-corrected chi connectivity index (χ1v) is 11.4. The summed E-state index contributed by atoms with van der Waals surface area (Å²) in [6.07, 6.45) is 7.44. The van der Waals surface area contributed by atoms with E-state index in [9.17, 15) is 9.59 Å². The maximum Gasteiger partial charge on any atom is 0.267 e. The van der Waals surface area contributed by atoms with Crippen LogP contribution >= 0.6 is 11.8 Å². The molecule has 1 aromatic carbocycles. The zero-order chi connectivity index (χ0) is 21.1. The van der Waals surface area contributed by atoms with Crippen molar-refractivity contribution in [2.75, 3.05) is 12.8 Å². The SMILES string of the molecule is Cc1ccnc(-n2c(SCC(=O)N(C)C3CCCCC3)nc3ccccc3c2=O)c1. The summed E-state index contributed by atoms with van der Waals surface area (Å²) in [7, 11) is 1.89. The van der Waals surface area contributed by atoms with Crippen molar-refractivity contribution >= 4 is 28.6 Å². The van der Waals surface area contributed by atoms with Crippen LogP contribution in [0.4, 0.5) is 0 Å². The lowest BCUT2D eigenvalue weighted by atomic mass is 9.94. The molecule has 1 saturated carbocycles. The first kappa shape index (κ1) is 20.6. The van der Waals surface area contributed by atoms with Crippen molar-refractivity contribution in [1.29, 1.82) is 0 Å². The number of aromatic nitrogens is 3. The maximum absolute atomic E-state index is 13.3. The molecule has 1 fully saturated rings. The molecular weight excluding hydrogens is 396 g/mol. The van der Waals surface area contributed by atoms with Gasteiger partial charge in [0.25, 0.3) is 5.56 Å². The third kappa shape index (κ3) is 4.26. The van der Waals surface area contributed by atoms with E-state index in [0.717, 1.165) is 18.4 Å². The van der Waals surface area contributed by atoms with E-state index in [-0.39, 0.29) is 17.2 Å². The summed E-state index contributed by atoms with van der Waals surface area (Å²) in [4.78, 5) is 37.1. The van der Waals surface area contributed by atoms with Gasteiger partial charge >= 0.3 is 0 Å². The van der Waals surface area contributed by atoms with Gasteiger partial charge in [0.05, 0.1) is 16.7 Å². The number of carbonyl (C=O) groups is 1. The third-order valence-corrected chi connectivity index (χ3v) is 6.64. The predicted molar refractivity (Wildman–Crippen MR) is 120 cm³/mol. The molecule has 0 spiro atoms. The van der Waals surface area contributed by atoms with Crippen molar-refractivity contribution in [3.8, 4) is 5.82 Å². The Bertz CT molecular complexity index is 1120. The zero-order valence-corrected chi connectivity index (χ0v) is 18.2. The van der Waals surface area contributed by atoms with E-state index >= 15 is 0 Å². The van der Waals surface area contributed by atoms with Gasteiger partial charge in [-0.05, 0) is 49.6 Å². The Hall–Kier alpha value is -2.67. The number of pyridine rings is 1. The summed E-state index contributed by atoms with van der Waals surface area (Å²) in [5.41, 5.74) is 1.46. The second-order valence-electron chi connectivity index (χ2n) is 7.83. The second kappa shape index (κ2) is 9.00. The standard InChI is InChI=1S/C23H26N4O2S/c1-16-12-13-24-20(14-16)27-22(29)18-10-6-7-11-19(18)25-23(27)30-15-21(28)26(2)17-8-4-3-5-9-17/h6-7,10-14,17H,3-5,8-9,15H2,1-2H3. The van der Waals surface area contributed by atoms with Crippen molar-refractivity contribution in [3.63, 3.8) is 0 Å². The number of para-hydroxylation sites is 1. The van der Waals surface area contributed by atoms with E-state index in [1.54, 1.807) is 12.3 Å². The number of rotatable bonds is 5. The molecule has 2 aromatic heterocycles. The highest BCUT2D eigenvalue weighted by atomic mass is 32.2. The fraction of sp³-hybridized carbons (Fsp3) is 0.391. The summed E-state index contributed by atoms with van der Waals surface area (Å²) in [6, 6.07) is 11.3. The van der Waals surface area contributed by atoms with Crippen LogP contribution in [0.1, 0.15) is 37.7 Å². The molecule has 6 nitrogen and oxygen atoms in total.